The van der Waals surface area contributed by atoms with Crippen LogP contribution in [0.25, 0.3) is 0 Å². The summed E-state index contributed by atoms with van der Waals surface area (Å²) in [6.45, 7) is 4.35. The van der Waals surface area contributed by atoms with Crippen molar-refractivity contribution in [3.8, 4) is 17.9 Å². The molecular weight excluding hydrogens is 286 g/mol. The van der Waals surface area contributed by atoms with Crippen molar-refractivity contribution >= 4 is 10.0 Å². The van der Waals surface area contributed by atoms with Gasteiger partial charge in [0.15, 0.2) is 0 Å². The number of benzene rings is 1. The van der Waals surface area contributed by atoms with Crippen molar-refractivity contribution in [2.24, 2.45) is 5.73 Å². The predicted octanol–water partition coefficient (Wildman–Crippen LogP) is 1.23. The molecule has 0 fully saturated rings. The molecule has 5 nitrogen and oxygen atoms in total. The van der Waals surface area contributed by atoms with Crippen molar-refractivity contribution in [3.63, 3.8) is 0 Å². The Hall–Kier alpha value is -1.86. The maximum Gasteiger partial charge on any atom is 0.243 e. The highest BCUT2D eigenvalue weighted by Crippen LogP contribution is 2.19. The summed E-state index contributed by atoms with van der Waals surface area (Å²) in [6.07, 6.45) is 0.173. The van der Waals surface area contributed by atoms with E-state index in [2.05, 4.69) is 11.8 Å². The monoisotopic (exact) mass is 305 g/mol. The Labute approximate surface area is 126 Å². The Kier molecular flexibility index (Phi) is 6.39. The topological polar surface area (TPSA) is 87.2 Å². The molecule has 0 spiro atoms. The van der Waals surface area contributed by atoms with Gasteiger partial charge in [-0.25, -0.2) is 8.42 Å². The highest BCUT2D eigenvalue weighted by Gasteiger charge is 2.22. The highest BCUT2D eigenvalue weighted by atomic mass is 32.2. The van der Waals surface area contributed by atoms with Gasteiger partial charge < -0.3 is 5.73 Å². The van der Waals surface area contributed by atoms with Crippen molar-refractivity contribution < 1.29 is 8.42 Å². The normalized spacial score (nSPS) is 10.8. The zero-order valence-corrected chi connectivity index (χ0v) is 13.1. The van der Waals surface area contributed by atoms with Crippen molar-refractivity contribution in [1.82, 2.24) is 4.31 Å². The first kappa shape index (κ1) is 17.2. The van der Waals surface area contributed by atoms with E-state index in [1.807, 2.05) is 13.0 Å². The lowest BCUT2D eigenvalue weighted by atomic mass is 10.1. The van der Waals surface area contributed by atoms with Gasteiger partial charge >= 0.3 is 0 Å². The van der Waals surface area contributed by atoms with Crippen LogP contribution < -0.4 is 5.73 Å². The van der Waals surface area contributed by atoms with Gasteiger partial charge in [-0.1, -0.05) is 18.8 Å². The molecule has 112 valence electrons. The molecule has 0 aliphatic heterocycles. The second kappa shape index (κ2) is 7.80. The van der Waals surface area contributed by atoms with Gasteiger partial charge in [0.2, 0.25) is 10.0 Å². The molecule has 2 N–H and O–H groups in total. The van der Waals surface area contributed by atoms with Crippen LogP contribution in [0.5, 0.6) is 0 Å². The van der Waals surface area contributed by atoms with Crippen LogP contribution in [0.3, 0.4) is 0 Å². The number of nitrogens with two attached hydrogens (primary N) is 1. The molecule has 0 saturated carbocycles. The van der Waals surface area contributed by atoms with E-state index in [0.717, 1.165) is 11.1 Å². The minimum absolute atomic E-state index is 0.173. The van der Waals surface area contributed by atoms with Crippen LogP contribution in [0.4, 0.5) is 0 Å². The molecule has 0 aliphatic carbocycles. The Bertz CT molecular complexity index is 694. The Morgan fingerprint density at radius 2 is 2.10 bits per heavy atom. The molecule has 0 bridgehead atoms. The van der Waals surface area contributed by atoms with Gasteiger partial charge in [0.25, 0.3) is 0 Å². The zero-order valence-electron chi connectivity index (χ0n) is 12.3. The molecule has 0 saturated heterocycles. The molecule has 1 aromatic rings. The fourth-order valence-electron chi connectivity index (χ4n) is 1.86. The minimum Gasteiger partial charge on any atom is -0.320 e. The number of hydrogen-bond donors (Lipinski definition) is 1. The van der Waals surface area contributed by atoms with Gasteiger partial charge in [0.1, 0.15) is 0 Å². The van der Waals surface area contributed by atoms with Crippen molar-refractivity contribution in [3.05, 3.63) is 29.3 Å². The Balaban J connectivity index is 3.14. The van der Waals surface area contributed by atoms with Crippen LogP contribution in [-0.4, -0.2) is 32.4 Å². The van der Waals surface area contributed by atoms with Crippen LogP contribution in [0, 0.1) is 30.1 Å². The van der Waals surface area contributed by atoms with Crippen LogP contribution in [0.15, 0.2) is 23.1 Å². The molecule has 1 aromatic carbocycles. The van der Waals surface area contributed by atoms with Crippen LogP contribution >= 0.6 is 0 Å². The summed E-state index contributed by atoms with van der Waals surface area (Å²) in [7, 11) is -3.57. The second-order valence-corrected chi connectivity index (χ2v) is 6.33. The van der Waals surface area contributed by atoms with Gasteiger partial charge in [0, 0.05) is 25.1 Å². The summed E-state index contributed by atoms with van der Waals surface area (Å²) in [5, 5.41) is 8.61. The van der Waals surface area contributed by atoms with Crippen LogP contribution in [0.1, 0.15) is 24.5 Å². The summed E-state index contributed by atoms with van der Waals surface area (Å²) in [5.74, 6) is 5.65. The molecular formula is C15H19N3O2S. The molecule has 0 heterocycles. The first-order valence-electron chi connectivity index (χ1n) is 6.64. The number of nitrogens with zero attached hydrogens (tertiary/aromatic N) is 2. The molecule has 0 aliphatic rings. The van der Waals surface area contributed by atoms with Crippen molar-refractivity contribution in [2.75, 3.05) is 19.6 Å². The maximum atomic E-state index is 12.5. The first-order valence-corrected chi connectivity index (χ1v) is 8.08. The number of rotatable bonds is 5. The van der Waals surface area contributed by atoms with Crippen LogP contribution in [0.2, 0.25) is 0 Å². The molecule has 1 rings (SSSR count). The summed E-state index contributed by atoms with van der Waals surface area (Å²) < 4.78 is 26.3. The third-order valence-corrected chi connectivity index (χ3v) is 4.96. The molecule has 0 aromatic heterocycles. The zero-order chi connectivity index (χ0) is 15.9. The SMILES string of the molecule is CCN(CCC#N)S(=O)(=O)c1ccc(C#CCN)c(C)c1. The van der Waals surface area contributed by atoms with E-state index in [-0.39, 0.29) is 24.4 Å². The minimum atomic E-state index is -3.57. The van der Waals surface area contributed by atoms with E-state index < -0.39 is 10.0 Å². The third-order valence-electron chi connectivity index (χ3n) is 2.99. The third kappa shape index (κ3) is 4.30. The van der Waals surface area contributed by atoms with Crippen molar-refractivity contribution in [2.45, 2.75) is 25.2 Å². The Morgan fingerprint density at radius 1 is 1.38 bits per heavy atom. The molecule has 0 radical (unpaired) electrons. The lowest BCUT2D eigenvalue weighted by Crippen LogP contribution is -2.31. The van der Waals surface area contributed by atoms with Gasteiger partial charge in [-0.2, -0.15) is 9.57 Å². The largest absolute Gasteiger partial charge is 0.320 e. The van der Waals surface area contributed by atoms with Crippen molar-refractivity contribution in [1.29, 1.82) is 5.26 Å². The van der Waals surface area contributed by atoms with Gasteiger partial charge in [-0.05, 0) is 30.7 Å². The van der Waals surface area contributed by atoms with Crippen LogP contribution in [-0.2, 0) is 10.0 Å². The number of aryl methyl sites for hydroxylation is 1. The predicted molar refractivity (Wildman–Crippen MR) is 81.8 cm³/mol. The first-order chi connectivity index (χ1) is 9.97. The quantitative estimate of drug-likeness (QED) is 0.829. The average molecular weight is 305 g/mol. The number of hydrogen-bond acceptors (Lipinski definition) is 4. The lowest BCUT2D eigenvalue weighted by molar-refractivity contribution is 0.435. The Morgan fingerprint density at radius 3 is 2.62 bits per heavy atom. The average Bonchev–Trinajstić information content (AvgIpc) is 2.46. The molecule has 0 unspecified atom stereocenters. The summed E-state index contributed by atoms with van der Waals surface area (Å²) >= 11 is 0. The smallest absolute Gasteiger partial charge is 0.243 e. The lowest BCUT2D eigenvalue weighted by Gasteiger charge is -2.19. The molecule has 6 heteroatoms. The summed E-state index contributed by atoms with van der Waals surface area (Å²) in [4.78, 5) is 0.220. The number of nitriles is 1. The van der Waals surface area contributed by atoms with E-state index >= 15 is 0 Å². The van der Waals surface area contributed by atoms with Gasteiger partial charge in [-0.3, -0.25) is 0 Å². The fourth-order valence-corrected chi connectivity index (χ4v) is 3.39. The molecule has 0 atom stereocenters. The van der Waals surface area contributed by atoms with Gasteiger partial charge in [0.05, 0.1) is 17.5 Å². The number of sulfonamides is 1. The molecule has 21 heavy (non-hydrogen) atoms. The summed E-state index contributed by atoms with van der Waals surface area (Å²) in [5.41, 5.74) is 6.88. The van der Waals surface area contributed by atoms with Gasteiger partial charge in [-0.15, -0.1) is 0 Å². The maximum absolute atomic E-state index is 12.5. The second-order valence-electron chi connectivity index (χ2n) is 4.39. The van der Waals surface area contributed by atoms with E-state index in [4.69, 9.17) is 11.0 Å². The highest BCUT2D eigenvalue weighted by molar-refractivity contribution is 7.89. The van der Waals surface area contributed by atoms with E-state index in [1.165, 1.54) is 10.4 Å². The van der Waals surface area contributed by atoms with E-state index in [1.54, 1.807) is 19.1 Å². The summed E-state index contributed by atoms with van der Waals surface area (Å²) in [6, 6.07) is 6.79. The van der Waals surface area contributed by atoms with E-state index in [9.17, 15) is 8.42 Å². The molecule has 0 amide bonds. The fraction of sp³-hybridized carbons (Fsp3) is 0.400. The van der Waals surface area contributed by atoms with E-state index in [0.29, 0.717) is 6.54 Å². The standard InChI is InChI=1S/C15H19N3O2S/c1-3-18(11-5-10-17)21(19,20)15-8-7-14(6-4-9-16)13(2)12-15/h7-8,12H,3,5,9,11,16H2,1-2H3.